The van der Waals surface area contributed by atoms with Crippen LogP contribution in [-0.2, 0) is 0 Å². The van der Waals surface area contributed by atoms with Crippen LogP contribution in [0.1, 0.15) is 15.9 Å². The molecule has 0 saturated heterocycles. The molecule has 0 saturated carbocycles. The molecule has 0 heterocycles. The lowest BCUT2D eigenvalue weighted by molar-refractivity contribution is 0.103. The van der Waals surface area contributed by atoms with Crippen molar-refractivity contribution in [3.63, 3.8) is 0 Å². The Balaban J connectivity index is 2.27. The van der Waals surface area contributed by atoms with E-state index >= 15 is 0 Å². The van der Waals surface area contributed by atoms with Gasteiger partial charge >= 0.3 is 0 Å². The Bertz CT molecular complexity index is 517. The highest BCUT2D eigenvalue weighted by atomic mass is 79.9. The van der Waals surface area contributed by atoms with Crippen LogP contribution in [0.15, 0.2) is 57.9 Å². The molecule has 0 fully saturated rings. The molecule has 0 aliphatic heterocycles. The van der Waals surface area contributed by atoms with Crippen molar-refractivity contribution in [2.45, 2.75) is 4.90 Å². The second-order valence-corrected chi connectivity index (χ2v) is 5.36. The van der Waals surface area contributed by atoms with Crippen LogP contribution < -0.4 is 0 Å². The summed E-state index contributed by atoms with van der Waals surface area (Å²) in [5.41, 5.74) is 1.44. The summed E-state index contributed by atoms with van der Waals surface area (Å²) in [6.07, 6.45) is 2.02. The number of ketones is 1. The molecule has 0 bridgehead atoms. The quantitative estimate of drug-likeness (QED) is 0.617. The molecule has 2 aromatic rings. The van der Waals surface area contributed by atoms with E-state index < -0.39 is 0 Å². The molecule has 0 spiro atoms. The predicted octanol–water partition coefficient (Wildman–Crippen LogP) is 4.40. The highest BCUT2D eigenvalue weighted by Crippen LogP contribution is 2.18. The number of hydrogen-bond donors (Lipinski definition) is 0. The highest BCUT2D eigenvalue weighted by Gasteiger charge is 2.08. The first-order valence-electron chi connectivity index (χ1n) is 5.15. The Hall–Kier alpha value is -1.06. The average molecular weight is 307 g/mol. The molecule has 2 rings (SSSR count). The fourth-order valence-electron chi connectivity index (χ4n) is 1.51. The van der Waals surface area contributed by atoms with Gasteiger partial charge in [0.2, 0.25) is 0 Å². The third-order valence-electron chi connectivity index (χ3n) is 2.46. The number of benzene rings is 2. The van der Waals surface area contributed by atoms with Gasteiger partial charge in [0.15, 0.2) is 5.78 Å². The van der Waals surface area contributed by atoms with Crippen LogP contribution in [-0.4, -0.2) is 12.0 Å². The molecule has 0 aliphatic carbocycles. The Morgan fingerprint density at radius 2 is 1.41 bits per heavy atom. The normalized spacial score (nSPS) is 10.2. The minimum atomic E-state index is 0.0603. The van der Waals surface area contributed by atoms with Crippen LogP contribution in [0.4, 0.5) is 0 Å². The standard InChI is InChI=1S/C14H11BrOS/c1-17-13-8-4-11(5-9-13)14(16)10-2-6-12(15)7-3-10/h2-9H,1H3. The minimum absolute atomic E-state index is 0.0603. The van der Waals surface area contributed by atoms with Crippen molar-refractivity contribution in [1.29, 1.82) is 0 Å². The Labute approximate surface area is 113 Å². The summed E-state index contributed by atoms with van der Waals surface area (Å²) in [5, 5.41) is 0. The van der Waals surface area contributed by atoms with Gasteiger partial charge in [-0.15, -0.1) is 11.8 Å². The van der Waals surface area contributed by atoms with Crippen molar-refractivity contribution in [3.05, 3.63) is 64.1 Å². The summed E-state index contributed by atoms with van der Waals surface area (Å²) in [6, 6.07) is 15.1. The minimum Gasteiger partial charge on any atom is -0.289 e. The Morgan fingerprint density at radius 1 is 0.941 bits per heavy atom. The Kier molecular flexibility index (Phi) is 4.02. The van der Waals surface area contributed by atoms with Crippen molar-refractivity contribution in [3.8, 4) is 0 Å². The van der Waals surface area contributed by atoms with Gasteiger partial charge in [-0.25, -0.2) is 0 Å². The van der Waals surface area contributed by atoms with Gasteiger partial charge in [-0.2, -0.15) is 0 Å². The van der Waals surface area contributed by atoms with Gasteiger partial charge in [-0.1, -0.05) is 15.9 Å². The molecule has 17 heavy (non-hydrogen) atoms. The Morgan fingerprint density at radius 3 is 1.88 bits per heavy atom. The van der Waals surface area contributed by atoms with Crippen LogP contribution >= 0.6 is 27.7 Å². The lowest BCUT2D eigenvalue weighted by Crippen LogP contribution is -2.00. The lowest BCUT2D eigenvalue weighted by Gasteiger charge is -2.02. The monoisotopic (exact) mass is 306 g/mol. The van der Waals surface area contributed by atoms with E-state index in [2.05, 4.69) is 15.9 Å². The molecule has 0 atom stereocenters. The van der Waals surface area contributed by atoms with Crippen molar-refractivity contribution in [1.82, 2.24) is 0 Å². The van der Waals surface area contributed by atoms with Gasteiger partial charge < -0.3 is 0 Å². The topological polar surface area (TPSA) is 17.1 Å². The van der Waals surface area contributed by atoms with E-state index in [-0.39, 0.29) is 5.78 Å². The molecule has 2 aromatic carbocycles. The zero-order valence-corrected chi connectivity index (χ0v) is 11.7. The highest BCUT2D eigenvalue weighted by molar-refractivity contribution is 9.10. The van der Waals surface area contributed by atoms with Crippen LogP contribution in [0.5, 0.6) is 0 Å². The summed E-state index contributed by atoms with van der Waals surface area (Å²) in [6.45, 7) is 0. The van der Waals surface area contributed by atoms with Crippen molar-refractivity contribution >= 4 is 33.5 Å². The molecule has 0 aromatic heterocycles. The molecule has 0 aliphatic rings. The molecule has 0 unspecified atom stereocenters. The first-order chi connectivity index (χ1) is 8.20. The second kappa shape index (κ2) is 5.52. The zero-order chi connectivity index (χ0) is 12.3. The van der Waals surface area contributed by atoms with Crippen LogP contribution in [0.3, 0.4) is 0 Å². The SMILES string of the molecule is CSc1ccc(C(=O)c2ccc(Br)cc2)cc1. The van der Waals surface area contributed by atoms with E-state index in [4.69, 9.17) is 0 Å². The van der Waals surface area contributed by atoms with Crippen LogP contribution in [0.25, 0.3) is 0 Å². The smallest absolute Gasteiger partial charge is 0.193 e. The third kappa shape index (κ3) is 2.99. The van der Waals surface area contributed by atoms with Gasteiger partial charge in [0, 0.05) is 20.5 Å². The van der Waals surface area contributed by atoms with E-state index in [0.717, 1.165) is 14.9 Å². The molecule has 1 nitrogen and oxygen atoms in total. The first kappa shape index (κ1) is 12.4. The van der Waals surface area contributed by atoms with Crippen LogP contribution in [0.2, 0.25) is 0 Å². The molecule has 0 N–H and O–H groups in total. The summed E-state index contributed by atoms with van der Waals surface area (Å²) in [7, 11) is 0. The summed E-state index contributed by atoms with van der Waals surface area (Å²) in [4.78, 5) is 13.3. The lowest BCUT2D eigenvalue weighted by atomic mass is 10.0. The largest absolute Gasteiger partial charge is 0.289 e. The number of hydrogen-bond acceptors (Lipinski definition) is 2. The maximum Gasteiger partial charge on any atom is 0.193 e. The first-order valence-corrected chi connectivity index (χ1v) is 7.17. The summed E-state index contributed by atoms with van der Waals surface area (Å²) < 4.78 is 0.979. The van der Waals surface area contributed by atoms with E-state index in [0.29, 0.717) is 5.56 Å². The van der Waals surface area contributed by atoms with E-state index in [1.807, 2.05) is 54.8 Å². The van der Waals surface area contributed by atoms with E-state index in [1.165, 1.54) is 0 Å². The zero-order valence-electron chi connectivity index (χ0n) is 9.31. The maximum atomic E-state index is 12.1. The van der Waals surface area contributed by atoms with Crippen molar-refractivity contribution < 1.29 is 4.79 Å². The molecule has 3 heteroatoms. The number of carbonyl (C=O) groups is 1. The summed E-state index contributed by atoms with van der Waals surface area (Å²) in [5.74, 6) is 0.0603. The van der Waals surface area contributed by atoms with Gasteiger partial charge in [0.05, 0.1) is 0 Å². The van der Waals surface area contributed by atoms with Gasteiger partial charge in [0.25, 0.3) is 0 Å². The molecule has 0 radical (unpaired) electrons. The molecule has 0 amide bonds. The number of rotatable bonds is 3. The van der Waals surface area contributed by atoms with Gasteiger partial charge in [-0.05, 0) is 54.8 Å². The second-order valence-electron chi connectivity index (χ2n) is 3.56. The molecular formula is C14H11BrOS. The summed E-state index contributed by atoms with van der Waals surface area (Å²) >= 11 is 5.03. The molecule has 86 valence electrons. The predicted molar refractivity (Wildman–Crippen MR) is 75.8 cm³/mol. The fraction of sp³-hybridized carbons (Fsp3) is 0.0714. The fourth-order valence-corrected chi connectivity index (χ4v) is 2.18. The number of thioether (sulfide) groups is 1. The van der Waals surface area contributed by atoms with Crippen molar-refractivity contribution in [2.24, 2.45) is 0 Å². The number of carbonyl (C=O) groups excluding carboxylic acids is 1. The average Bonchev–Trinajstić information content (AvgIpc) is 2.39. The van der Waals surface area contributed by atoms with Crippen LogP contribution in [0, 0.1) is 0 Å². The van der Waals surface area contributed by atoms with E-state index in [9.17, 15) is 4.79 Å². The third-order valence-corrected chi connectivity index (χ3v) is 3.73. The maximum absolute atomic E-state index is 12.1. The van der Waals surface area contributed by atoms with Gasteiger partial charge in [0.1, 0.15) is 0 Å². The molecular weight excluding hydrogens is 296 g/mol. The van der Waals surface area contributed by atoms with Crippen molar-refractivity contribution in [2.75, 3.05) is 6.26 Å². The van der Waals surface area contributed by atoms with E-state index in [1.54, 1.807) is 11.8 Å². The number of halogens is 1. The van der Waals surface area contributed by atoms with Gasteiger partial charge in [-0.3, -0.25) is 4.79 Å².